The van der Waals surface area contributed by atoms with E-state index in [9.17, 15) is 0 Å². The maximum absolute atomic E-state index is 7.00. The lowest BCUT2D eigenvalue weighted by Gasteiger charge is -2.13. The second-order valence-corrected chi connectivity index (χ2v) is 16.4. The summed E-state index contributed by atoms with van der Waals surface area (Å²) in [4.78, 5) is 15.8. The van der Waals surface area contributed by atoms with Gasteiger partial charge in [-0.25, -0.2) is 15.0 Å². The van der Waals surface area contributed by atoms with Crippen molar-refractivity contribution >= 4 is 65.3 Å². The van der Waals surface area contributed by atoms with Gasteiger partial charge in [0.05, 0.1) is 16.7 Å². The van der Waals surface area contributed by atoms with E-state index < -0.39 is 0 Å². The van der Waals surface area contributed by atoms with Gasteiger partial charge in [-0.05, 0) is 86.3 Å². The molecule has 5 nitrogen and oxygen atoms in total. The summed E-state index contributed by atoms with van der Waals surface area (Å²) in [6, 6.07) is 76.8. The molecule has 0 aliphatic rings. The summed E-state index contributed by atoms with van der Waals surface area (Å²) in [7, 11) is 0. The van der Waals surface area contributed by atoms with Gasteiger partial charge < -0.3 is 8.98 Å². The molecule has 0 aliphatic carbocycles. The highest BCUT2D eigenvalue weighted by atomic mass is 16.3. The Bertz CT molecular complexity index is 3940. The van der Waals surface area contributed by atoms with Crippen LogP contribution in [-0.4, -0.2) is 19.5 Å². The number of hydrogen-bond acceptors (Lipinski definition) is 4. The lowest BCUT2D eigenvalue weighted by atomic mass is 10.0. The predicted molar refractivity (Wildman–Crippen MR) is 264 cm³/mol. The molecular weight excluding hydrogens is 781 g/mol. The van der Waals surface area contributed by atoms with E-state index in [1.165, 1.54) is 32.3 Å². The first-order chi connectivity index (χ1) is 31.7. The van der Waals surface area contributed by atoms with E-state index in [-0.39, 0.29) is 0 Å². The molecule has 64 heavy (non-hydrogen) atoms. The number of nitrogens with zero attached hydrogens (tertiary/aromatic N) is 4. The van der Waals surface area contributed by atoms with E-state index >= 15 is 0 Å². The van der Waals surface area contributed by atoms with Crippen molar-refractivity contribution in [2.75, 3.05) is 0 Å². The third-order valence-corrected chi connectivity index (χ3v) is 12.6. The van der Waals surface area contributed by atoms with E-state index in [0.29, 0.717) is 17.5 Å². The van der Waals surface area contributed by atoms with Gasteiger partial charge in [-0.15, -0.1) is 0 Å². The molecule has 0 fully saturated rings. The molecule has 298 valence electrons. The fourth-order valence-corrected chi connectivity index (χ4v) is 9.57. The number of para-hydroxylation sites is 1. The molecule has 13 rings (SSSR count). The first-order valence-electron chi connectivity index (χ1n) is 21.6. The zero-order valence-corrected chi connectivity index (χ0v) is 34.5. The molecule has 0 saturated heterocycles. The van der Waals surface area contributed by atoms with Crippen molar-refractivity contribution in [3.63, 3.8) is 0 Å². The average molecular weight is 817 g/mol. The van der Waals surface area contributed by atoms with Gasteiger partial charge >= 0.3 is 0 Å². The molecule has 0 unspecified atom stereocenters. The molecule has 0 N–H and O–H groups in total. The van der Waals surface area contributed by atoms with Crippen LogP contribution >= 0.6 is 0 Å². The number of aromatic nitrogens is 4. The van der Waals surface area contributed by atoms with Crippen molar-refractivity contribution < 1.29 is 4.42 Å². The first kappa shape index (κ1) is 36.0. The Kier molecular flexibility index (Phi) is 8.15. The maximum atomic E-state index is 7.00. The molecule has 10 aromatic carbocycles. The summed E-state index contributed by atoms with van der Waals surface area (Å²) in [5.41, 5.74) is 11.9. The van der Waals surface area contributed by atoms with Crippen molar-refractivity contribution in [2.24, 2.45) is 0 Å². The molecule has 0 spiro atoms. The Hall–Kier alpha value is -8.67. The summed E-state index contributed by atoms with van der Waals surface area (Å²) >= 11 is 0. The summed E-state index contributed by atoms with van der Waals surface area (Å²) in [5.74, 6) is 1.76. The van der Waals surface area contributed by atoms with E-state index in [2.05, 4.69) is 199 Å². The van der Waals surface area contributed by atoms with Gasteiger partial charge in [-0.2, -0.15) is 0 Å². The van der Waals surface area contributed by atoms with Crippen LogP contribution in [0.15, 0.2) is 223 Å². The van der Waals surface area contributed by atoms with Crippen molar-refractivity contribution in [3.05, 3.63) is 218 Å². The Balaban J connectivity index is 1.07. The van der Waals surface area contributed by atoms with Crippen molar-refractivity contribution in [3.8, 4) is 62.1 Å². The Labute approximate surface area is 368 Å². The summed E-state index contributed by atoms with van der Waals surface area (Å²) in [6.07, 6.45) is 0. The van der Waals surface area contributed by atoms with Gasteiger partial charge in [0.25, 0.3) is 0 Å². The molecule has 13 aromatic rings. The van der Waals surface area contributed by atoms with Gasteiger partial charge in [0.1, 0.15) is 5.58 Å². The minimum Gasteiger partial charge on any atom is -0.454 e. The van der Waals surface area contributed by atoms with Crippen molar-refractivity contribution in [1.29, 1.82) is 0 Å². The van der Waals surface area contributed by atoms with Gasteiger partial charge in [-0.3, -0.25) is 0 Å². The third kappa shape index (κ3) is 5.83. The standard InChI is InChI=1S/C59H36N4O/c1-3-14-37(15-4-1)39-26-28-41(29-27-39)57-60-58(45-22-13-21-42(34-45)38-16-5-2-6-17-38)62-59(61-57)48-31-33-51(56-55(48)47-24-11-12-25-53(47)64-56)63-50-32-30-40-18-9-10-23-46(40)54(50)49-35-43-19-7-8-20-44(43)36-52(49)63/h1-36H. The highest BCUT2D eigenvalue weighted by molar-refractivity contribution is 6.24. The van der Waals surface area contributed by atoms with Crippen LogP contribution in [0.3, 0.4) is 0 Å². The fourth-order valence-electron chi connectivity index (χ4n) is 9.57. The van der Waals surface area contributed by atoms with Crippen molar-refractivity contribution in [1.82, 2.24) is 19.5 Å². The second kappa shape index (κ2) is 14.5. The molecule has 3 heterocycles. The number of rotatable bonds is 6. The SMILES string of the molecule is c1ccc(-c2ccc(-c3nc(-c4cccc(-c5ccccc5)c4)nc(-c4ccc(-n5c6cc7ccccc7cc6c6c7ccccc7ccc65)c5oc6ccccc6c45)n3)cc2)cc1. The largest absolute Gasteiger partial charge is 0.454 e. The average Bonchev–Trinajstić information content (AvgIpc) is 3.92. The summed E-state index contributed by atoms with van der Waals surface area (Å²) < 4.78 is 9.38. The molecule has 0 radical (unpaired) electrons. The van der Waals surface area contributed by atoms with Crippen LogP contribution < -0.4 is 0 Å². The van der Waals surface area contributed by atoms with E-state index in [1.807, 2.05) is 24.3 Å². The lowest BCUT2D eigenvalue weighted by Crippen LogP contribution is -2.01. The second-order valence-electron chi connectivity index (χ2n) is 16.4. The number of fused-ring (bicyclic) bond motifs is 9. The summed E-state index contributed by atoms with van der Waals surface area (Å²) in [5, 5.41) is 9.16. The molecular formula is C59H36N4O. The van der Waals surface area contributed by atoms with Crippen LogP contribution in [0.1, 0.15) is 0 Å². The molecule has 0 atom stereocenters. The molecule has 0 aliphatic heterocycles. The third-order valence-electron chi connectivity index (χ3n) is 12.6. The number of hydrogen-bond donors (Lipinski definition) is 0. The molecule has 3 aromatic heterocycles. The fraction of sp³-hybridized carbons (Fsp3) is 0. The smallest absolute Gasteiger partial charge is 0.164 e. The molecule has 0 bridgehead atoms. The highest BCUT2D eigenvalue weighted by Gasteiger charge is 2.24. The summed E-state index contributed by atoms with van der Waals surface area (Å²) in [6.45, 7) is 0. The lowest BCUT2D eigenvalue weighted by molar-refractivity contribution is 0.666. The van der Waals surface area contributed by atoms with E-state index in [1.54, 1.807) is 0 Å². The highest BCUT2D eigenvalue weighted by Crippen LogP contribution is 2.44. The zero-order valence-electron chi connectivity index (χ0n) is 34.5. The minimum absolute atomic E-state index is 0.569. The quantitative estimate of drug-likeness (QED) is 0.168. The Morgan fingerprint density at radius 2 is 0.906 bits per heavy atom. The van der Waals surface area contributed by atoms with Gasteiger partial charge in [0.2, 0.25) is 0 Å². The molecule has 0 amide bonds. The Morgan fingerprint density at radius 1 is 0.328 bits per heavy atom. The first-order valence-corrected chi connectivity index (χ1v) is 21.6. The Morgan fingerprint density at radius 3 is 1.69 bits per heavy atom. The van der Waals surface area contributed by atoms with Crippen LogP contribution in [0.25, 0.3) is 127 Å². The normalized spacial score (nSPS) is 11.8. The predicted octanol–water partition coefficient (Wildman–Crippen LogP) is 15.5. The van der Waals surface area contributed by atoms with Crippen LogP contribution in [0, 0.1) is 0 Å². The minimum atomic E-state index is 0.569. The number of furan rings is 1. The van der Waals surface area contributed by atoms with Gasteiger partial charge in [-0.1, -0.05) is 176 Å². The topological polar surface area (TPSA) is 56.7 Å². The molecule has 0 saturated carbocycles. The zero-order chi connectivity index (χ0) is 42.1. The van der Waals surface area contributed by atoms with Gasteiger partial charge in [0, 0.05) is 38.2 Å². The molecule has 5 heteroatoms. The number of benzene rings is 10. The maximum Gasteiger partial charge on any atom is 0.164 e. The van der Waals surface area contributed by atoms with E-state index in [0.717, 1.165) is 77.6 Å². The van der Waals surface area contributed by atoms with Crippen LogP contribution in [0.5, 0.6) is 0 Å². The van der Waals surface area contributed by atoms with Crippen LogP contribution in [-0.2, 0) is 0 Å². The van der Waals surface area contributed by atoms with E-state index in [4.69, 9.17) is 19.4 Å². The van der Waals surface area contributed by atoms with Crippen LogP contribution in [0.4, 0.5) is 0 Å². The van der Waals surface area contributed by atoms with Gasteiger partial charge in [0.15, 0.2) is 23.1 Å². The van der Waals surface area contributed by atoms with Crippen molar-refractivity contribution in [2.45, 2.75) is 0 Å². The van der Waals surface area contributed by atoms with Crippen LogP contribution in [0.2, 0.25) is 0 Å². The monoisotopic (exact) mass is 816 g/mol.